The largest absolute Gasteiger partial charge is 0.282 e. The average Bonchev–Trinajstić information content (AvgIpc) is 3.42. The SMILES string of the molecule is C#CCCCCCCCCC12C=CC(CCCCCCCCC#C)(C3C(=O)N(CC)C(=O)C31)C1C(=O)N(CC)C(=O)C12. The summed E-state index contributed by atoms with van der Waals surface area (Å²) in [5.41, 5.74) is -1.57. The zero-order valence-electron chi connectivity index (χ0n) is 25.9. The maximum atomic E-state index is 14.0. The molecule has 6 nitrogen and oxygen atoms in total. The van der Waals surface area contributed by atoms with Crippen LogP contribution in [0.5, 0.6) is 0 Å². The smallest absolute Gasteiger partial charge is 0.234 e. The van der Waals surface area contributed by atoms with Crippen LogP contribution >= 0.6 is 0 Å². The molecule has 1 saturated carbocycles. The Morgan fingerprint density at radius 1 is 0.548 bits per heavy atom. The third kappa shape index (κ3) is 5.47. The van der Waals surface area contributed by atoms with E-state index in [-0.39, 0.29) is 23.6 Å². The van der Waals surface area contributed by atoms with Crippen molar-refractivity contribution >= 4 is 23.6 Å². The first-order valence-electron chi connectivity index (χ1n) is 16.6. The summed E-state index contributed by atoms with van der Waals surface area (Å²) in [7, 11) is 0. The van der Waals surface area contributed by atoms with Crippen LogP contribution in [-0.2, 0) is 19.2 Å². The van der Waals surface area contributed by atoms with E-state index in [0.717, 1.165) is 89.9 Å². The molecule has 0 N–H and O–H groups in total. The van der Waals surface area contributed by atoms with Gasteiger partial charge in [0.1, 0.15) is 0 Å². The van der Waals surface area contributed by atoms with Crippen molar-refractivity contribution < 1.29 is 19.2 Å². The number of carbonyl (C=O) groups is 4. The van der Waals surface area contributed by atoms with E-state index in [1.54, 1.807) is 0 Å². The molecule has 2 saturated heterocycles. The first kappa shape index (κ1) is 32.1. The highest BCUT2D eigenvalue weighted by molar-refractivity contribution is 6.12. The van der Waals surface area contributed by atoms with Crippen LogP contribution in [0.2, 0.25) is 0 Å². The number of rotatable bonds is 18. The van der Waals surface area contributed by atoms with Crippen molar-refractivity contribution in [2.75, 3.05) is 13.1 Å². The van der Waals surface area contributed by atoms with Crippen LogP contribution in [0.15, 0.2) is 12.2 Å². The first-order valence-corrected chi connectivity index (χ1v) is 16.6. The van der Waals surface area contributed by atoms with E-state index in [1.807, 2.05) is 13.8 Å². The highest BCUT2D eigenvalue weighted by Crippen LogP contribution is 2.71. The van der Waals surface area contributed by atoms with Crippen LogP contribution < -0.4 is 0 Å². The minimum Gasteiger partial charge on any atom is -0.282 e. The van der Waals surface area contributed by atoms with E-state index >= 15 is 0 Å². The monoisotopic (exact) mass is 574 g/mol. The predicted molar refractivity (Wildman–Crippen MR) is 164 cm³/mol. The van der Waals surface area contributed by atoms with E-state index < -0.39 is 34.5 Å². The third-order valence-electron chi connectivity index (χ3n) is 10.8. The predicted octanol–water partition coefficient (Wildman–Crippen LogP) is 6.29. The number of unbranched alkanes of at least 4 members (excludes halogenated alkanes) is 12. The van der Waals surface area contributed by atoms with Gasteiger partial charge in [0.2, 0.25) is 23.6 Å². The lowest BCUT2D eigenvalue weighted by molar-refractivity contribution is -0.161. The highest BCUT2D eigenvalue weighted by Gasteiger charge is 2.78. The van der Waals surface area contributed by atoms with Crippen LogP contribution in [0.4, 0.5) is 0 Å². The summed E-state index contributed by atoms with van der Waals surface area (Å²) in [6.07, 6.45) is 30.3. The molecule has 4 unspecified atom stereocenters. The minimum absolute atomic E-state index is 0.141. The average molecular weight is 575 g/mol. The van der Waals surface area contributed by atoms with Crippen molar-refractivity contribution in [3.8, 4) is 24.7 Å². The van der Waals surface area contributed by atoms with Gasteiger partial charge in [-0.1, -0.05) is 76.4 Å². The van der Waals surface area contributed by atoms with Gasteiger partial charge in [0, 0.05) is 36.8 Å². The first-order chi connectivity index (χ1) is 20.4. The maximum Gasteiger partial charge on any atom is 0.234 e. The molecule has 6 heteroatoms. The Kier molecular flexibility index (Phi) is 10.7. The second kappa shape index (κ2) is 14.1. The Bertz CT molecular complexity index is 1010. The number of hydrogen-bond donors (Lipinski definition) is 0. The molecule has 0 radical (unpaired) electrons. The topological polar surface area (TPSA) is 74.8 Å². The fraction of sp³-hybridized carbons (Fsp3) is 0.722. The van der Waals surface area contributed by atoms with Gasteiger partial charge in [-0.25, -0.2) is 0 Å². The van der Waals surface area contributed by atoms with E-state index in [1.165, 1.54) is 9.80 Å². The molecule has 0 aromatic carbocycles. The normalized spacial score (nSPS) is 31.0. The molecule has 228 valence electrons. The summed E-state index contributed by atoms with van der Waals surface area (Å²) in [5, 5.41) is 0. The molecule has 3 fully saturated rings. The molecule has 4 amide bonds. The molecule has 3 aliphatic carbocycles. The molecule has 2 aliphatic heterocycles. The molecular weight excluding hydrogens is 524 g/mol. The van der Waals surface area contributed by atoms with Crippen LogP contribution in [0.3, 0.4) is 0 Å². The number of terminal acetylenes is 2. The highest BCUT2D eigenvalue weighted by atomic mass is 16.2. The van der Waals surface area contributed by atoms with Gasteiger partial charge < -0.3 is 0 Å². The summed E-state index contributed by atoms with van der Waals surface area (Å²) >= 11 is 0. The summed E-state index contributed by atoms with van der Waals surface area (Å²) in [6, 6.07) is 0. The lowest BCUT2D eigenvalue weighted by Crippen LogP contribution is -2.63. The number of carbonyl (C=O) groups excluding carboxylic acids is 4. The van der Waals surface area contributed by atoms with Gasteiger partial charge in [-0.05, 0) is 39.5 Å². The Hall–Kier alpha value is -2.86. The number of nitrogens with zero attached hydrogens (tertiary/aromatic N) is 2. The standard InChI is InChI=1S/C36H50N2O4/c1-5-9-11-13-15-17-19-21-23-35-25-26-36(24-22-20-18-16-14-12-10-6-2,29-27(35)31(39)37(7-3)33(29)41)30-28(35)32(40)38(8-4)34(30)42/h1-2,25-30H,7-24H2,3-4H3. The van der Waals surface area contributed by atoms with Gasteiger partial charge in [0.05, 0.1) is 23.7 Å². The fourth-order valence-corrected chi connectivity index (χ4v) is 8.87. The van der Waals surface area contributed by atoms with Gasteiger partial charge in [-0.2, -0.15) is 0 Å². The number of allylic oxidation sites excluding steroid dienone is 2. The number of likely N-dealkylation sites (tertiary alicyclic amines) is 2. The van der Waals surface area contributed by atoms with Gasteiger partial charge >= 0.3 is 0 Å². The molecule has 5 aliphatic rings. The van der Waals surface area contributed by atoms with Crippen LogP contribution in [0.25, 0.3) is 0 Å². The number of imide groups is 2. The number of hydrogen-bond acceptors (Lipinski definition) is 4. The molecule has 0 aromatic rings. The lowest BCUT2D eigenvalue weighted by Gasteiger charge is -2.59. The van der Waals surface area contributed by atoms with Crippen LogP contribution in [0, 0.1) is 59.2 Å². The molecule has 5 rings (SSSR count). The van der Waals surface area contributed by atoms with E-state index in [2.05, 4.69) is 24.0 Å². The molecule has 0 spiro atoms. The fourth-order valence-electron chi connectivity index (χ4n) is 8.87. The molecule has 42 heavy (non-hydrogen) atoms. The van der Waals surface area contributed by atoms with Gasteiger partial charge in [-0.3, -0.25) is 29.0 Å². The number of amides is 4. The zero-order chi connectivity index (χ0) is 30.3. The van der Waals surface area contributed by atoms with Gasteiger partial charge in [0.25, 0.3) is 0 Å². The van der Waals surface area contributed by atoms with E-state index in [0.29, 0.717) is 25.9 Å². The van der Waals surface area contributed by atoms with Crippen LogP contribution in [0.1, 0.15) is 117 Å². The van der Waals surface area contributed by atoms with Gasteiger partial charge in [-0.15, -0.1) is 24.7 Å². The molecule has 4 atom stereocenters. The quantitative estimate of drug-likeness (QED) is 0.0834. The summed E-state index contributed by atoms with van der Waals surface area (Å²) in [6.45, 7) is 4.34. The Balaban J connectivity index is 1.60. The lowest BCUT2D eigenvalue weighted by atomic mass is 9.39. The third-order valence-corrected chi connectivity index (χ3v) is 10.8. The zero-order valence-corrected chi connectivity index (χ0v) is 25.9. The van der Waals surface area contributed by atoms with Crippen molar-refractivity contribution in [2.24, 2.45) is 34.5 Å². The molecule has 2 bridgehead atoms. The van der Waals surface area contributed by atoms with Crippen molar-refractivity contribution in [3.63, 3.8) is 0 Å². The molecule has 2 heterocycles. The Labute approximate surface area is 253 Å². The summed E-state index contributed by atoms with van der Waals surface area (Å²) in [5.74, 6) is 2.56. The second-order valence-corrected chi connectivity index (χ2v) is 13.0. The van der Waals surface area contributed by atoms with Crippen molar-refractivity contribution in [1.29, 1.82) is 0 Å². The van der Waals surface area contributed by atoms with Crippen molar-refractivity contribution in [3.05, 3.63) is 12.2 Å². The molecule has 0 aromatic heterocycles. The van der Waals surface area contributed by atoms with Crippen molar-refractivity contribution in [1.82, 2.24) is 9.80 Å². The van der Waals surface area contributed by atoms with Crippen molar-refractivity contribution in [2.45, 2.75) is 117 Å². The Morgan fingerprint density at radius 2 is 0.833 bits per heavy atom. The minimum atomic E-state index is -0.787. The maximum absolute atomic E-state index is 14.0. The van der Waals surface area contributed by atoms with E-state index in [4.69, 9.17) is 12.8 Å². The second-order valence-electron chi connectivity index (χ2n) is 13.0. The van der Waals surface area contributed by atoms with Crippen LogP contribution in [-0.4, -0.2) is 46.5 Å². The molecular formula is C36H50N2O4. The summed E-state index contributed by atoms with van der Waals surface area (Å²) in [4.78, 5) is 58.9. The van der Waals surface area contributed by atoms with E-state index in [9.17, 15) is 19.2 Å². The van der Waals surface area contributed by atoms with Gasteiger partial charge in [0.15, 0.2) is 0 Å². The summed E-state index contributed by atoms with van der Waals surface area (Å²) < 4.78 is 0. The Morgan fingerprint density at radius 3 is 1.12 bits per heavy atom.